The molecule has 1 unspecified atom stereocenters. The summed E-state index contributed by atoms with van der Waals surface area (Å²) >= 11 is 1.56. The third kappa shape index (κ3) is 4.71. The first kappa shape index (κ1) is 23.3. The molecule has 182 valence electrons. The molecular weight excluding hydrogens is 472 g/mol. The summed E-state index contributed by atoms with van der Waals surface area (Å²) in [4.78, 5) is 17.2. The van der Waals surface area contributed by atoms with E-state index in [9.17, 15) is 13.2 Å². The van der Waals surface area contributed by atoms with Gasteiger partial charge in [-0.15, -0.1) is 11.3 Å². The normalized spacial score (nSPS) is 21.6. The summed E-state index contributed by atoms with van der Waals surface area (Å²) in [5.41, 5.74) is 1.83. The van der Waals surface area contributed by atoms with Crippen molar-refractivity contribution >= 4 is 36.4 Å². The van der Waals surface area contributed by atoms with Crippen LogP contribution in [0, 0.1) is 11.8 Å². The maximum absolute atomic E-state index is 13.0. The number of ether oxygens (including phenoxy) is 1. The highest BCUT2D eigenvalue weighted by Gasteiger charge is 2.31. The predicted octanol–water partition coefficient (Wildman–Crippen LogP) is 3.53. The van der Waals surface area contributed by atoms with E-state index in [1.54, 1.807) is 39.7 Å². The third-order valence-electron chi connectivity index (χ3n) is 6.76. The van der Waals surface area contributed by atoms with Crippen molar-refractivity contribution < 1.29 is 13.2 Å². The Morgan fingerprint density at radius 2 is 2.06 bits per heavy atom. The van der Waals surface area contributed by atoms with Crippen molar-refractivity contribution in [3.05, 3.63) is 41.1 Å². The third-order valence-corrected chi connectivity index (χ3v) is 9.13. The number of anilines is 1. The van der Waals surface area contributed by atoms with Crippen LogP contribution in [0.25, 0.3) is 21.2 Å². The van der Waals surface area contributed by atoms with Crippen LogP contribution in [0.15, 0.2) is 35.5 Å². The molecule has 3 aromatic heterocycles. The van der Waals surface area contributed by atoms with Crippen molar-refractivity contribution in [2.45, 2.75) is 32.2 Å². The molecule has 2 atom stereocenters. The zero-order valence-electron chi connectivity index (χ0n) is 19.7. The van der Waals surface area contributed by atoms with Crippen molar-refractivity contribution in [2.75, 3.05) is 31.3 Å². The van der Waals surface area contributed by atoms with Crippen LogP contribution < -0.4 is 15.6 Å². The number of piperidine rings is 1. The van der Waals surface area contributed by atoms with E-state index in [4.69, 9.17) is 4.74 Å². The Hall–Kier alpha value is -2.43. The maximum Gasteiger partial charge on any atom is 0.259 e. The van der Waals surface area contributed by atoms with E-state index in [0.29, 0.717) is 31.0 Å². The summed E-state index contributed by atoms with van der Waals surface area (Å²) in [7, 11) is -1.42. The summed E-state index contributed by atoms with van der Waals surface area (Å²) in [5, 5.41) is 5.17. The first-order chi connectivity index (χ1) is 16.2. The highest BCUT2D eigenvalue weighted by atomic mass is 32.2. The number of sulfonamides is 1. The second kappa shape index (κ2) is 8.98. The number of nitrogens with one attached hydrogen (secondary N) is 1. The fourth-order valence-corrected chi connectivity index (χ4v) is 6.61. The predicted molar refractivity (Wildman–Crippen MR) is 136 cm³/mol. The lowest BCUT2D eigenvalue weighted by Gasteiger charge is -2.36. The molecule has 0 amide bonds. The highest BCUT2D eigenvalue weighted by Crippen LogP contribution is 2.40. The van der Waals surface area contributed by atoms with Crippen LogP contribution >= 0.6 is 11.3 Å². The quantitative estimate of drug-likeness (QED) is 0.531. The van der Waals surface area contributed by atoms with Crippen LogP contribution in [-0.2, 0) is 17.1 Å². The minimum Gasteiger partial charge on any atom is -0.491 e. The monoisotopic (exact) mass is 502 g/mol. The zero-order chi connectivity index (χ0) is 24.0. The Kier molecular flexibility index (Phi) is 6.16. The highest BCUT2D eigenvalue weighted by molar-refractivity contribution is 7.88. The SMILES string of the molecule is C[C@@H]1CN(S(C)(=O)=O)CCC1Nc1cc2c(=O)n(C)cc(-c3ccncc3OCC3CC3)c2s1. The lowest BCUT2D eigenvalue weighted by atomic mass is 9.95. The summed E-state index contributed by atoms with van der Waals surface area (Å²) in [6.07, 6.45) is 9.77. The average molecular weight is 503 g/mol. The molecule has 1 saturated heterocycles. The smallest absolute Gasteiger partial charge is 0.259 e. The van der Waals surface area contributed by atoms with Crippen LogP contribution in [0.4, 0.5) is 5.00 Å². The van der Waals surface area contributed by atoms with Crippen molar-refractivity contribution in [3.8, 4) is 16.9 Å². The topological polar surface area (TPSA) is 93.5 Å². The number of aryl methyl sites for hydroxylation is 1. The standard InChI is InChI=1S/C24H30N4O4S2/c1-15-12-28(34(3,30)31)9-7-20(15)26-22-10-18-23(33-22)19(13-27(2)24(18)29)17-6-8-25-11-21(17)32-14-16-4-5-16/h6,8,10-11,13,15-16,20,26H,4-5,7,9,12,14H2,1-3H3/t15-,20?/m1/s1. The van der Waals surface area contributed by atoms with Crippen molar-refractivity contribution in [1.29, 1.82) is 0 Å². The number of aromatic nitrogens is 2. The van der Waals surface area contributed by atoms with Gasteiger partial charge in [-0.05, 0) is 43.2 Å². The number of pyridine rings is 2. The average Bonchev–Trinajstić information content (AvgIpc) is 3.53. The fourth-order valence-electron chi connectivity index (χ4n) is 4.53. The van der Waals surface area contributed by atoms with Gasteiger partial charge in [0.2, 0.25) is 10.0 Å². The zero-order valence-corrected chi connectivity index (χ0v) is 21.3. The number of rotatable bonds is 7. The molecule has 34 heavy (non-hydrogen) atoms. The van der Waals surface area contributed by atoms with E-state index in [0.717, 1.165) is 33.0 Å². The maximum atomic E-state index is 13.0. The molecule has 0 spiro atoms. The van der Waals surface area contributed by atoms with E-state index >= 15 is 0 Å². The number of nitrogens with zero attached hydrogens (tertiary/aromatic N) is 3. The second-order valence-electron chi connectivity index (χ2n) is 9.58. The molecule has 2 aliphatic rings. The van der Waals surface area contributed by atoms with Gasteiger partial charge in [-0.25, -0.2) is 12.7 Å². The Morgan fingerprint density at radius 3 is 2.76 bits per heavy atom. The summed E-state index contributed by atoms with van der Waals surface area (Å²) in [5.74, 6) is 1.51. The molecular formula is C24H30N4O4S2. The lowest BCUT2D eigenvalue weighted by molar-refractivity contribution is 0.263. The molecule has 1 saturated carbocycles. The van der Waals surface area contributed by atoms with Crippen molar-refractivity contribution in [3.63, 3.8) is 0 Å². The molecule has 1 aliphatic heterocycles. The van der Waals surface area contributed by atoms with Gasteiger partial charge in [0.1, 0.15) is 5.75 Å². The first-order valence-electron chi connectivity index (χ1n) is 11.6. The molecule has 0 radical (unpaired) electrons. The van der Waals surface area contributed by atoms with E-state index in [1.807, 2.05) is 18.3 Å². The Balaban J connectivity index is 1.47. The Labute approximate surface area is 203 Å². The van der Waals surface area contributed by atoms with E-state index in [2.05, 4.69) is 17.2 Å². The second-order valence-corrected chi connectivity index (χ2v) is 12.6. The van der Waals surface area contributed by atoms with Gasteiger partial charge in [-0.2, -0.15) is 0 Å². The molecule has 5 rings (SSSR count). The molecule has 2 fully saturated rings. The van der Waals surface area contributed by atoms with Gasteiger partial charge in [-0.1, -0.05) is 6.92 Å². The lowest BCUT2D eigenvalue weighted by Crippen LogP contribution is -2.47. The fraction of sp³-hybridized carbons (Fsp3) is 0.500. The van der Waals surface area contributed by atoms with Gasteiger partial charge in [0.15, 0.2) is 0 Å². The molecule has 1 aliphatic carbocycles. The minimum atomic E-state index is -3.19. The van der Waals surface area contributed by atoms with E-state index in [-0.39, 0.29) is 17.5 Å². The van der Waals surface area contributed by atoms with Gasteiger partial charge < -0.3 is 14.6 Å². The molecule has 3 aromatic rings. The van der Waals surface area contributed by atoms with Gasteiger partial charge in [0.25, 0.3) is 5.56 Å². The van der Waals surface area contributed by atoms with Crippen molar-refractivity contribution in [1.82, 2.24) is 13.9 Å². The van der Waals surface area contributed by atoms with Gasteiger partial charge in [-0.3, -0.25) is 9.78 Å². The van der Waals surface area contributed by atoms with Crippen LogP contribution in [0.3, 0.4) is 0 Å². The molecule has 4 heterocycles. The number of thiophene rings is 1. The molecule has 0 bridgehead atoms. The van der Waals surface area contributed by atoms with Crippen LogP contribution in [-0.4, -0.2) is 54.3 Å². The number of hydrogen-bond donors (Lipinski definition) is 1. The van der Waals surface area contributed by atoms with Gasteiger partial charge in [0, 0.05) is 49.7 Å². The Morgan fingerprint density at radius 1 is 1.26 bits per heavy atom. The first-order valence-corrected chi connectivity index (χ1v) is 14.3. The molecule has 10 heteroatoms. The number of fused-ring (bicyclic) bond motifs is 1. The molecule has 0 aromatic carbocycles. The van der Waals surface area contributed by atoms with Crippen LogP contribution in [0.2, 0.25) is 0 Å². The van der Waals surface area contributed by atoms with Gasteiger partial charge in [0.05, 0.1) is 34.1 Å². The summed E-state index contributed by atoms with van der Waals surface area (Å²) < 4.78 is 34.0. The molecule has 8 nitrogen and oxygen atoms in total. The van der Waals surface area contributed by atoms with Crippen molar-refractivity contribution in [2.24, 2.45) is 18.9 Å². The Bertz CT molecular complexity index is 1380. The minimum absolute atomic E-state index is 0.0440. The van der Waals surface area contributed by atoms with E-state index < -0.39 is 10.0 Å². The molecule has 1 N–H and O–H groups in total. The van der Waals surface area contributed by atoms with Crippen LogP contribution in [0.1, 0.15) is 26.2 Å². The summed E-state index contributed by atoms with van der Waals surface area (Å²) in [6, 6.07) is 4.00. The van der Waals surface area contributed by atoms with E-state index in [1.165, 1.54) is 19.1 Å². The van der Waals surface area contributed by atoms with Gasteiger partial charge >= 0.3 is 0 Å². The van der Waals surface area contributed by atoms with Crippen LogP contribution in [0.5, 0.6) is 5.75 Å². The largest absolute Gasteiger partial charge is 0.491 e. The number of hydrogen-bond acceptors (Lipinski definition) is 7. The summed E-state index contributed by atoms with van der Waals surface area (Å²) in [6.45, 7) is 3.74.